The number of carboxylic acid groups (broad SMARTS) is 1. The summed E-state index contributed by atoms with van der Waals surface area (Å²) in [4.78, 5) is 110. The van der Waals surface area contributed by atoms with E-state index in [0.29, 0.717) is 58.2 Å². The number of carbonyl (C=O) groups is 7. The lowest BCUT2D eigenvalue weighted by Gasteiger charge is -2.22. The van der Waals surface area contributed by atoms with Crippen LogP contribution in [0.15, 0.2) is 30.3 Å². The van der Waals surface area contributed by atoms with Gasteiger partial charge in [0.2, 0.25) is 0 Å². The number of esters is 6. The van der Waals surface area contributed by atoms with Gasteiger partial charge in [0.25, 0.3) is 6.43 Å². The van der Waals surface area contributed by atoms with Crippen LogP contribution in [-0.2, 0) is 77.7 Å². The summed E-state index contributed by atoms with van der Waals surface area (Å²) in [5.41, 5.74) is -0.805. The molecule has 0 saturated carbocycles. The largest absolute Gasteiger partial charge is 0.481 e. The molecule has 0 saturated heterocycles. The van der Waals surface area contributed by atoms with Crippen molar-refractivity contribution in [2.24, 2.45) is 60.1 Å². The lowest BCUT2D eigenvalue weighted by Crippen LogP contribution is -2.27. The van der Waals surface area contributed by atoms with E-state index < -0.39 is 51.0 Å². The molecule has 0 aliphatic carbocycles. The molecule has 0 radical (unpaired) electrons. The van der Waals surface area contributed by atoms with Crippen molar-refractivity contribution in [1.82, 2.24) is 0 Å². The zero-order valence-corrected chi connectivity index (χ0v) is 68.7. The maximum atomic E-state index is 11.5. The molecule has 602 valence electrons. The Morgan fingerprint density at radius 2 is 0.740 bits per heavy atom. The second-order valence-electron chi connectivity index (χ2n) is 34.9. The Morgan fingerprint density at radius 1 is 0.420 bits per heavy atom. The van der Waals surface area contributed by atoms with E-state index >= 15 is 0 Å². The normalized spacial score (nSPS) is 11.7. The van der Waals surface area contributed by atoms with Gasteiger partial charge in [-0.15, -0.1) is 0 Å². The van der Waals surface area contributed by atoms with Crippen LogP contribution >= 0.6 is 15.2 Å². The predicted octanol–water partition coefficient (Wildman–Crippen LogP) is 20.4. The van der Waals surface area contributed by atoms with Crippen LogP contribution in [0.2, 0.25) is 0 Å². The highest BCUT2D eigenvalue weighted by Gasteiger charge is 2.28. The highest BCUT2D eigenvalue weighted by Crippen LogP contribution is 2.39. The van der Waals surface area contributed by atoms with Gasteiger partial charge in [-0.3, -0.25) is 42.7 Å². The number of carboxylic acids is 1. The van der Waals surface area contributed by atoms with E-state index in [2.05, 4.69) is 46.3 Å². The number of halogens is 2. The molecule has 0 aliphatic rings. The van der Waals surface area contributed by atoms with E-state index in [9.17, 15) is 51.5 Å². The Balaban J connectivity index is -0.0000000990. The first-order chi connectivity index (χ1) is 42.6. The molecule has 20 nitrogen and oxygen atoms in total. The summed E-state index contributed by atoms with van der Waals surface area (Å²) in [6.07, 6.45) is 1.14. The van der Waals surface area contributed by atoms with Crippen molar-refractivity contribution >= 4 is 57.0 Å². The fraction of sp³-hybridized carbons (Fsp3) is 0.829. The number of rotatable bonds is 17. The molecular formula is C76H154F2O20P2. The minimum Gasteiger partial charge on any atom is -0.481 e. The average Bonchev–Trinajstić information content (AvgIpc) is 0.921. The van der Waals surface area contributed by atoms with Crippen molar-refractivity contribution in [2.75, 3.05) is 45.4 Å². The summed E-state index contributed by atoms with van der Waals surface area (Å²) < 4.78 is 73.0. The second kappa shape index (κ2) is 55.2. The maximum absolute atomic E-state index is 11.5. The Hall–Kier alpha value is -4.33. The third kappa shape index (κ3) is 107. The quantitative estimate of drug-likeness (QED) is 0.0550. The van der Waals surface area contributed by atoms with Crippen LogP contribution in [0, 0.1) is 60.1 Å². The van der Waals surface area contributed by atoms with E-state index in [1.807, 2.05) is 203 Å². The van der Waals surface area contributed by atoms with E-state index in [-0.39, 0.29) is 114 Å². The van der Waals surface area contributed by atoms with Crippen LogP contribution in [0.3, 0.4) is 0 Å². The molecule has 0 bridgehead atoms. The van der Waals surface area contributed by atoms with Gasteiger partial charge >= 0.3 is 57.0 Å². The molecule has 1 aromatic carbocycles. The smallest absolute Gasteiger partial charge is 0.325 e. The first kappa shape index (κ1) is 120. The van der Waals surface area contributed by atoms with Gasteiger partial charge in [0, 0.05) is 12.6 Å². The van der Waals surface area contributed by atoms with Gasteiger partial charge in [-0.2, -0.15) is 0 Å². The standard InChI is InChI=1S/C12H16O2.C10H20O2.2C9H18O2.C7H12F2O2.C7H17O3P.C7H14O2.C6H15O3P.C6H12O2.3CH4/c1-12(2,3)11(13)14-9-10-7-5-4-6-8-10;1-9(2,3)7-12-8(11)10(4,5)6;1-7(2)6-11-8(10)9(3,4)5;1-5-11-8(10)6-7-9(2,3)4;1-7(2,3)6(10)11-4-5(8)9;1-7(2,3)5-4-6-11(8,9)10;1-5-9-6(8)7(2,3)4;1-6(2,3)4-5-10(7,8)9;1-6(2,3)4-5(7)8;;;/h4-8H,9H2,1-3H3;7H2,1-6H3;7H,6H2,1-5H3;5-7H2,1-4H3;5H,4H2,1-3H3;4-6H2,1-3H3,(H2,8,9,10);5H2,1-4H3;4-5H2,1-3H3,(H2,7,8,9);4H2,1-3H3,(H,7,8);3*1H4. The van der Waals surface area contributed by atoms with E-state index in [0.717, 1.165) is 18.4 Å². The summed E-state index contributed by atoms with van der Waals surface area (Å²) in [7, 11) is -7.51. The number of ether oxygens (including phenoxy) is 6. The van der Waals surface area contributed by atoms with Crippen LogP contribution in [0.25, 0.3) is 0 Å². The fourth-order valence-electron chi connectivity index (χ4n) is 5.06. The number of carbonyl (C=O) groups excluding carboxylic acids is 6. The Labute approximate surface area is 609 Å². The van der Waals surface area contributed by atoms with Gasteiger partial charge in [0.05, 0.1) is 66.1 Å². The van der Waals surface area contributed by atoms with E-state index in [1.54, 1.807) is 20.8 Å². The molecule has 0 aliphatic heterocycles. The first-order valence-electron chi connectivity index (χ1n) is 33.2. The first-order valence-corrected chi connectivity index (χ1v) is 36.8. The van der Waals surface area contributed by atoms with Crippen LogP contribution in [0.1, 0.15) is 302 Å². The Morgan fingerprint density at radius 3 is 0.980 bits per heavy atom. The zero-order chi connectivity index (χ0) is 79.5. The third-order valence-corrected chi connectivity index (χ3v) is 12.4. The third-order valence-electron chi connectivity index (χ3n) is 10.7. The minimum absolute atomic E-state index is 0. The molecule has 0 aromatic heterocycles. The minimum atomic E-state index is -3.76. The molecule has 0 atom stereocenters. The monoisotopic (exact) mass is 1490 g/mol. The number of aliphatic carboxylic acids is 1. The van der Waals surface area contributed by atoms with E-state index in [1.165, 1.54) is 0 Å². The maximum Gasteiger partial charge on any atom is 0.325 e. The van der Waals surface area contributed by atoms with Crippen molar-refractivity contribution in [3.8, 4) is 0 Å². The van der Waals surface area contributed by atoms with Gasteiger partial charge in [-0.25, -0.2) is 8.78 Å². The number of hydrogen-bond donors (Lipinski definition) is 5. The van der Waals surface area contributed by atoms with Crippen molar-refractivity contribution in [3.63, 3.8) is 0 Å². The Bertz CT molecular complexity index is 2350. The van der Waals surface area contributed by atoms with Crippen LogP contribution in [0.4, 0.5) is 8.78 Å². The molecule has 1 aromatic rings. The summed E-state index contributed by atoms with van der Waals surface area (Å²) in [6, 6.07) is 9.68. The molecule has 0 amide bonds. The van der Waals surface area contributed by atoms with Crippen molar-refractivity contribution in [2.45, 2.75) is 309 Å². The average molecular weight is 1490 g/mol. The van der Waals surface area contributed by atoms with Gasteiger partial charge in [-0.1, -0.05) is 170 Å². The Kier molecular flexibility index (Phi) is 66.0. The molecule has 1 rings (SSSR count). The summed E-state index contributed by atoms with van der Waals surface area (Å²) in [5, 5.41) is 8.25. The highest BCUT2D eigenvalue weighted by atomic mass is 31.2. The van der Waals surface area contributed by atoms with Crippen LogP contribution in [0.5, 0.6) is 0 Å². The molecule has 0 heterocycles. The highest BCUT2D eigenvalue weighted by molar-refractivity contribution is 7.52. The fourth-order valence-corrected chi connectivity index (χ4v) is 6.59. The molecule has 24 heteroatoms. The zero-order valence-electron chi connectivity index (χ0n) is 67.0. The van der Waals surface area contributed by atoms with Gasteiger partial charge in [-0.05, 0) is 182 Å². The molecule has 0 fully saturated rings. The topological polar surface area (TPSA) is 310 Å². The summed E-state index contributed by atoms with van der Waals surface area (Å²) >= 11 is 0. The molecule has 5 N–H and O–H groups in total. The second-order valence-corrected chi connectivity index (χ2v) is 38.5. The predicted molar refractivity (Wildman–Crippen MR) is 407 cm³/mol. The number of benzene rings is 1. The van der Waals surface area contributed by atoms with Crippen molar-refractivity contribution in [1.29, 1.82) is 0 Å². The van der Waals surface area contributed by atoms with E-state index in [4.69, 9.17) is 48.4 Å². The number of alkyl halides is 2. The van der Waals surface area contributed by atoms with Crippen molar-refractivity contribution in [3.05, 3.63) is 35.9 Å². The van der Waals surface area contributed by atoms with Crippen LogP contribution in [-0.4, -0.2) is 118 Å². The van der Waals surface area contributed by atoms with Gasteiger partial charge in [0.15, 0.2) is 6.61 Å². The van der Waals surface area contributed by atoms with Gasteiger partial charge < -0.3 is 53.1 Å². The van der Waals surface area contributed by atoms with Crippen LogP contribution < -0.4 is 0 Å². The molecule has 0 spiro atoms. The SMILES string of the molecule is C.C.C.CC(C)(C)C(=O)OCC(F)F.CC(C)(C)C(=O)OCc1ccccc1.CC(C)(C)CC(=O)O.CC(C)(C)CCCP(=O)(O)O.CC(C)(C)CCP(=O)(O)O.CC(C)(C)COC(=O)C(C)(C)C.CC(C)COC(=O)C(C)(C)C.CCOC(=O)C(C)(C)C.CCOC(=O)CCC(C)(C)C. The molecule has 100 heavy (non-hydrogen) atoms. The number of hydrogen-bond acceptors (Lipinski definition) is 15. The van der Waals surface area contributed by atoms with Gasteiger partial charge in [0.1, 0.15) is 6.61 Å². The summed E-state index contributed by atoms with van der Waals surface area (Å²) in [5.74, 6) is -1.53. The van der Waals surface area contributed by atoms with Crippen molar-refractivity contribution < 1.29 is 105 Å². The molecule has 0 unspecified atom stereocenters. The lowest BCUT2D eigenvalue weighted by atomic mass is 9.91. The lowest BCUT2D eigenvalue weighted by molar-refractivity contribution is -0.157. The summed E-state index contributed by atoms with van der Waals surface area (Å²) in [6.45, 7) is 66.5. The molecular weight excluding hydrogens is 1330 g/mol.